The van der Waals surface area contributed by atoms with E-state index in [0.717, 1.165) is 0 Å². The van der Waals surface area contributed by atoms with Crippen molar-refractivity contribution in [3.63, 3.8) is 0 Å². The molecular weight excluding hydrogens is 196 g/mol. The fourth-order valence-corrected chi connectivity index (χ4v) is 3.84. The Bertz CT molecular complexity index is 402. The van der Waals surface area contributed by atoms with Crippen LogP contribution in [0.25, 0.3) is 0 Å². The van der Waals surface area contributed by atoms with E-state index >= 15 is 0 Å². The normalized spacial score (nSPS) is 9.67. The first-order valence-corrected chi connectivity index (χ1v) is 6.76. The third-order valence-corrected chi connectivity index (χ3v) is 4.95. The molecule has 2 aromatic rings. The first kappa shape index (κ1) is 10.1. The van der Waals surface area contributed by atoms with E-state index in [2.05, 4.69) is 73.3 Å². The molecule has 0 unspecified atom stereocenters. The van der Waals surface area contributed by atoms with Crippen LogP contribution in [0.3, 0.4) is 0 Å². The molecule has 0 nitrogen and oxygen atoms in total. The highest BCUT2D eigenvalue weighted by Gasteiger charge is 2.02. The maximum Gasteiger partial charge on any atom is 0.0757 e. The third-order valence-electron chi connectivity index (χ3n) is 2.46. The van der Waals surface area contributed by atoms with Crippen LogP contribution in [-0.2, 0) is 0 Å². The van der Waals surface area contributed by atoms with Gasteiger partial charge in [0.25, 0.3) is 0 Å². The average Bonchev–Trinajstić information content (AvgIpc) is 2.33. The molecule has 0 heterocycles. The second-order valence-electron chi connectivity index (χ2n) is 3.43. The molecule has 2 aromatic carbocycles. The number of hydrogen-bond acceptors (Lipinski definition) is 0. The summed E-state index contributed by atoms with van der Waals surface area (Å²) in [6.07, 6.45) is 0. The molecule has 15 heavy (non-hydrogen) atoms. The van der Waals surface area contributed by atoms with Gasteiger partial charge in [0.2, 0.25) is 0 Å². The molecule has 0 amide bonds. The van der Waals surface area contributed by atoms with Crippen molar-refractivity contribution in [2.75, 3.05) is 0 Å². The van der Waals surface area contributed by atoms with Crippen molar-refractivity contribution >= 4 is 24.5 Å². The minimum atomic E-state index is -0.664. The summed E-state index contributed by atoms with van der Waals surface area (Å²) in [5.74, 6) is 0. The van der Waals surface area contributed by atoms with Crippen LogP contribution in [0.15, 0.2) is 60.7 Å². The maximum atomic E-state index is 2.34. The SMILES string of the molecule is CC=[Si](c1ccccc1)c1ccccc1. The summed E-state index contributed by atoms with van der Waals surface area (Å²) >= 11 is 0. The van der Waals surface area contributed by atoms with Crippen molar-refractivity contribution in [3.8, 4) is 0 Å². The summed E-state index contributed by atoms with van der Waals surface area (Å²) in [4.78, 5) is 0. The van der Waals surface area contributed by atoms with Gasteiger partial charge in [0.1, 0.15) is 0 Å². The summed E-state index contributed by atoms with van der Waals surface area (Å²) in [6.45, 7) is 2.16. The van der Waals surface area contributed by atoms with Crippen LogP contribution in [0.5, 0.6) is 0 Å². The van der Waals surface area contributed by atoms with Crippen molar-refractivity contribution in [3.05, 3.63) is 60.7 Å². The highest BCUT2D eigenvalue weighted by Crippen LogP contribution is 1.87. The van der Waals surface area contributed by atoms with Gasteiger partial charge in [0, 0.05) is 0 Å². The average molecular weight is 210 g/mol. The Morgan fingerprint density at radius 1 is 0.733 bits per heavy atom. The Morgan fingerprint density at radius 3 is 1.47 bits per heavy atom. The molecule has 2 rings (SSSR count). The lowest BCUT2D eigenvalue weighted by atomic mass is 10.4. The molecule has 0 radical (unpaired) electrons. The minimum absolute atomic E-state index is 0.664. The highest BCUT2D eigenvalue weighted by atomic mass is 28.2. The Morgan fingerprint density at radius 2 is 1.13 bits per heavy atom. The van der Waals surface area contributed by atoms with Gasteiger partial charge in [0.05, 0.1) is 8.41 Å². The van der Waals surface area contributed by atoms with Crippen LogP contribution in [0.1, 0.15) is 6.92 Å². The zero-order chi connectivity index (χ0) is 10.5. The molecule has 0 fully saturated rings. The quantitative estimate of drug-likeness (QED) is 0.662. The Hall–Kier alpha value is -1.47. The zero-order valence-corrected chi connectivity index (χ0v) is 9.85. The summed E-state index contributed by atoms with van der Waals surface area (Å²) < 4.78 is 0. The molecule has 0 N–H and O–H groups in total. The first-order valence-electron chi connectivity index (χ1n) is 5.19. The maximum absolute atomic E-state index is 2.34. The number of hydrogen-bond donors (Lipinski definition) is 0. The zero-order valence-electron chi connectivity index (χ0n) is 8.85. The van der Waals surface area contributed by atoms with Gasteiger partial charge in [-0.15, -0.1) is 0 Å². The molecule has 0 saturated carbocycles. The molecule has 0 saturated heterocycles. The minimum Gasteiger partial charge on any atom is -0.0984 e. The lowest BCUT2D eigenvalue weighted by Crippen LogP contribution is -2.35. The van der Waals surface area contributed by atoms with Gasteiger partial charge in [-0.3, -0.25) is 0 Å². The van der Waals surface area contributed by atoms with Crippen molar-refractivity contribution in [1.29, 1.82) is 0 Å². The fourth-order valence-electron chi connectivity index (χ4n) is 1.74. The van der Waals surface area contributed by atoms with E-state index in [1.54, 1.807) is 0 Å². The number of benzene rings is 2. The van der Waals surface area contributed by atoms with Gasteiger partial charge in [-0.25, -0.2) is 0 Å². The summed E-state index contributed by atoms with van der Waals surface area (Å²) in [5.41, 5.74) is 2.34. The molecule has 0 aliphatic rings. The third kappa shape index (κ3) is 2.31. The van der Waals surface area contributed by atoms with E-state index < -0.39 is 8.41 Å². The van der Waals surface area contributed by atoms with Crippen LogP contribution in [0, 0.1) is 0 Å². The predicted molar refractivity (Wildman–Crippen MR) is 69.6 cm³/mol. The smallest absolute Gasteiger partial charge is 0.0757 e. The lowest BCUT2D eigenvalue weighted by molar-refractivity contribution is 1.74. The molecular formula is C14H14Si. The molecule has 0 aliphatic carbocycles. The van der Waals surface area contributed by atoms with Crippen LogP contribution < -0.4 is 10.4 Å². The van der Waals surface area contributed by atoms with Crippen molar-refractivity contribution in [1.82, 2.24) is 0 Å². The Labute approximate surface area is 92.4 Å². The molecule has 0 aliphatic heterocycles. The van der Waals surface area contributed by atoms with Crippen molar-refractivity contribution in [2.45, 2.75) is 6.92 Å². The first-order chi connectivity index (χ1) is 7.42. The topological polar surface area (TPSA) is 0 Å². The molecule has 0 spiro atoms. The van der Waals surface area contributed by atoms with E-state index in [9.17, 15) is 0 Å². The van der Waals surface area contributed by atoms with Gasteiger partial charge < -0.3 is 0 Å². The largest absolute Gasteiger partial charge is 0.0984 e. The summed E-state index contributed by atoms with van der Waals surface area (Å²) in [5, 5.41) is 2.91. The van der Waals surface area contributed by atoms with Crippen LogP contribution in [-0.4, -0.2) is 14.1 Å². The molecule has 0 aromatic heterocycles. The van der Waals surface area contributed by atoms with E-state index in [4.69, 9.17) is 0 Å². The van der Waals surface area contributed by atoms with E-state index in [1.807, 2.05) is 0 Å². The molecule has 74 valence electrons. The van der Waals surface area contributed by atoms with Crippen LogP contribution >= 0.6 is 0 Å². The summed E-state index contributed by atoms with van der Waals surface area (Å²) in [6, 6.07) is 21.5. The molecule has 0 atom stereocenters. The second-order valence-corrected chi connectivity index (χ2v) is 5.99. The van der Waals surface area contributed by atoms with Crippen LogP contribution in [0.2, 0.25) is 0 Å². The fraction of sp³-hybridized carbons (Fsp3) is 0.0714. The van der Waals surface area contributed by atoms with Crippen molar-refractivity contribution in [2.24, 2.45) is 0 Å². The van der Waals surface area contributed by atoms with E-state index in [0.29, 0.717) is 0 Å². The van der Waals surface area contributed by atoms with E-state index in [-0.39, 0.29) is 0 Å². The Kier molecular flexibility index (Phi) is 3.25. The van der Waals surface area contributed by atoms with Gasteiger partial charge in [0.15, 0.2) is 0 Å². The second kappa shape index (κ2) is 4.85. The van der Waals surface area contributed by atoms with Gasteiger partial charge in [-0.05, 0) is 10.4 Å². The number of rotatable bonds is 2. The van der Waals surface area contributed by atoms with Gasteiger partial charge >= 0.3 is 0 Å². The van der Waals surface area contributed by atoms with Crippen LogP contribution in [0.4, 0.5) is 0 Å². The van der Waals surface area contributed by atoms with Gasteiger partial charge in [-0.1, -0.05) is 73.3 Å². The monoisotopic (exact) mass is 210 g/mol. The Balaban J connectivity index is 2.44. The predicted octanol–water partition coefficient (Wildman–Crippen LogP) is 1.70. The molecule has 1 heteroatoms. The van der Waals surface area contributed by atoms with Gasteiger partial charge in [-0.2, -0.15) is 0 Å². The lowest BCUT2D eigenvalue weighted by Gasteiger charge is -2.05. The molecule has 0 bridgehead atoms. The summed E-state index contributed by atoms with van der Waals surface area (Å²) in [7, 11) is -0.664. The van der Waals surface area contributed by atoms with E-state index in [1.165, 1.54) is 10.4 Å². The van der Waals surface area contributed by atoms with Crippen molar-refractivity contribution < 1.29 is 0 Å². The standard InChI is InChI=1S/C14H14Si/c1-2-15(13-9-5-3-6-10-13)14-11-7-4-8-12-14/h2-12H,1H3. The highest BCUT2D eigenvalue weighted by molar-refractivity contribution is 6.88.